The number of ether oxygens (including phenoxy) is 1. The number of aryl methyl sites for hydroxylation is 2. The molecule has 5 heteroatoms. The molecule has 1 aromatic carbocycles. The second kappa shape index (κ2) is 6.10. The average molecular weight is 278 g/mol. The van der Waals surface area contributed by atoms with Gasteiger partial charge in [0.15, 0.2) is 0 Å². The van der Waals surface area contributed by atoms with Crippen LogP contribution in [0.1, 0.15) is 12.7 Å². The summed E-state index contributed by atoms with van der Waals surface area (Å²) in [4.78, 5) is 15.8. The van der Waals surface area contributed by atoms with Gasteiger partial charge in [-0.3, -0.25) is 4.79 Å². The smallest absolute Gasteiger partial charge is 0.318 e. The molecule has 0 saturated carbocycles. The van der Waals surface area contributed by atoms with Crippen molar-refractivity contribution in [1.82, 2.24) is 9.55 Å². The van der Waals surface area contributed by atoms with Crippen LogP contribution in [-0.2, 0) is 16.1 Å². The van der Waals surface area contributed by atoms with Crippen LogP contribution in [0.15, 0.2) is 24.3 Å². The lowest BCUT2D eigenvalue weighted by Crippen LogP contribution is -2.16. The van der Waals surface area contributed by atoms with Crippen molar-refractivity contribution >= 4 is 28.8 Å². The third kappa shape index (κ3) is 3.10. The Morgan fingerprint density at radius 2 is 2.21 bits per heavy atom. The summed E-state index contributed by atoms with van der Waals surface area (Å²) in [6, 6.07) is 8.10. The molecule has 19 heavy (non-hydrogen) atoms. The predicted molar refractivity (Wildman–Crippen MR) is 78.4 cm³/mol. The molecule has 0 radical (unpaired) electrons. The Bertz CT molecular complexity index is 580. The standard InChI is InChI=1S/C14H18N2O2S/c1-10(14(17)18-3)19-9-8-16-11(2)15-12-6-4-5-7-13(12)16/h4-7,10H,8-9H2,1-3H3/t10-/m1/s1. The van der Waals surface area contributed by atoms with Gasteiger partial charge in [-0.1, -0.05) is 12.1 Å². The van der Waals surface area contributed by atoms with Crippen molar-refractivity contribution in [2.75, 3.05) is 12.9 Å². The molecule has 1 atom stereocenters. The Labute approximate surface area is 117 Å². The van der Waals surface area contributed by atoms with Gasteiger partial charge >= 0.3 is 5.97 Å². The van der Waals surface area contributed by atoms with Gasteiger partial charge in [-0.25, -0.2) is 4.98 Å². The summed E-state index contributed by atoms with van der Waals surface area (Å²) >= 11 is 1.60. The first-order valence-corrected chi connectivity index (χ1v) is 7.29. The Balaban J connectivity index is 2.02. The van der Waals surface area contributed by atoms with E-state index in [9.17, 15) is 4.79 Å². The first-order valence-electron chi connectivity index (χ1n) is 6.24. The van der Waals surface area contributed by atoms with Crippen molar-refractivity contribution in [2.24, 2.45) is 0 Å². The van der Waals surface area contributed by atoms with E-state index in [2.05, 4.69) is 15.6 Å². The summed E-state index contributed by atoms with van der Waals surface area (Å²) in [6.07, 6.45) is 0. The highest BCUT2D eigenvalue weighted by Gasteiger charge is 2.13. The monoisotopic (exact) mass is 278 g/mol. The zero-order valence-electron chi connectivity index (χ0n) is 11.4. The Kier molecular flexibility index (Phi) is 4.47. The van der Waals surface area contributed by atoms with Crippen LogP contribution in [0.3, 0.4) is 0 Å². The summed E-state index contributed by atoms with van der Waals surface area (Å²) in [6.45, 7) is 4.72. The third-order valence-electron chi connectivity index (χ3n) is 3.06. The van der Waals surface area contributed by atoms with Gasteiger partial charge in [0.25, 0.3) is 0 Å². The van der Waals surface area contributed by atoms with Crippen LogP contribution in [0.2, 0.25) is 0 Å². The summed E-state index contributed by atoms with van der Waals surface area (Å²) in [5.41, 5.74) is 2.16. The lowest BCUT2D eigenvalue weighted by atomic mass is 10.3. The number of nitrogens with zero attached hydrogens (tertiary/aromatic N) is 2. The molecule has 0 fully saturated rings. The van der Waals surface area contributed by atoms with Crippen molar-refractivity contribution in [1.29, 1.82) is 0 Å². The number of aromatic nitrogens is 2. The number of rotatable bonds is 5. The first-order chi connectivity index (χ1) is 9.13. The number of benzene rings is 1. The quantitative estimate of drug-likeness (QED) is 0.789. The fraction of sp³-hybridized carbons (Fsp3) is 0.429. The Morgan fingerprint density at radius 1 is 1.47 bits per heavy atom. The summed E-state index contributed by atoms with van der Waals surface area (Å²) in [7, 11) is 1.42. The molecule has 2 rings (SSSR count). The number of hydrogen-bond donors (Lipinski definition) is 0. The lowest BCUT2D eigenvalue weighted by molar-refractivity contribution is -0.139. The number of carbonyl (C=O) groups excluding carboxylic acids is 1. The molecule has 4 nitrogen and oxygen atoms in total. The summed E-state index contributed by atoms with van der Waals surface area (Å²) in [5.74, 6) is 1.70. The molecular formula is C14H18N2O2S. The minimum absolute atomic E-state index is 0.125. The van der Waals surface area contributed by atoms with E-state index in [1.54, 1.807) is 11.8 Å². The van der Waals surface area contributed by atoms with Gasteiger partial charge in [-0.05, 0) is 26.0 Å². The van der Waals surface area contributed by atoms with E-state index in [0.29, 0.717) is 0 Å². The number of imidazole rings is 1. The molecule has 0 aliphatic heterocycles. The molecule has 0 saturated heterocycles. The topological polar surface area (TPSA) is 44.1 Å². The van der Waals surface area contributed by atoms with Crippen LogP contribution in [-0.4, -0.2) is 33.6 Å². The molecule has 1 heterocycles. The van der Waals surface area contributed by atoms with Crippen molar-refractivity contribution in [3.63, 3.8) is 0 Å². The van der Waals surface area contributed by atoms with Gasteiger partial charge in [0.05, 0.1) is 23.4 Å². The third-order valence-corrected chi connectivity index (χ3v) is 4.17. The van der Waals surface area contributed by atoms with Gasteiger partial charge in [-0.15, -0.1) is 11.8 Å². The maximum absolute atomic E-state index is 11.3. The van der Waals surface area contributed by atoms with Crippen LogP contribution in [0.4, 0.5) is 0 Å². The molecule has 102 valence electrons. The molecule has 0 aliphatic carbocycles. The van der Waals surface area contributed by atoms with E-state index in [4.69, 9.17) is 4.74 Å². The Hall–Kier alpha value is -1.49. The fourth-order valence-corrected chi connectivity index (χ4v) is 2.91. The molecule has 0 N–H and O–H groups in total. The summed E-state index contributed by atoms with van der Waals surface area (Å²) < 4.78 is 6.90. The van der Waals surface area contributed by atoms with E-state index in [0.717, 1.165) is 29.2 Å². The minimum atomic E-state index is -0.169. The molecule has 1 aromatic heterocycles. The van der Waals surface area contributed by atoms with Crippen LogP contribution < -0.4 is 0 Å². The van der Waals surface area contributed by atoms with Crippen molar-refractivity contribution in [3.8, 4) is 0 Å². The molecule has 0 spiro atoms. The minimum Gasteiger partial charge on any atom is -0.468 e. The molecular weight excluding hydrogens is 260 g/mol. The number of methoxy groups -OCH3 is 1. The van der Waals surface area contributed by atoms with Gasteiger partial charge < -0.3 is 9.30 Å². The van der Waals surface area contributed by atoms with Crippen LogP contribution in [0.5, 0.6) is 0 Å². The Morgan fingerprint density at radius 3 is 2.95 bits per heavy atom. The summed E-state index contributed by atoms with van der Waals surface area (Å²) in [5, 5.41) is -0.125. The normalized spacial score (nSPS) is 12.6. The molecule has 0 bridgehead atoms. The van der Waals surface area contributed by atoms with Crippen molar-refractivity contribution in [3.05, 3.63) is 30.1 Å². The molecule has 0 unspecified atom stereocenters. The van der Waals surface area contributed by atoms with Gasteiger partial charge in [0.2, 0.25) is 0 Å². The van der Waals surface area contributed by atoms with Crippen molar-refractivity contribution < 1.29 is 9.53 Å². The van der Waals surface area contributed by atoms with E-state index in [1.807, 2.05) is 32.0 Å². The van der Waals surface area contributed by atoms with E-state index in [1.165, 1.54) is 7.11 Å². The average Bonchev–Trinajstić information content (AvgIpc) is 2.74. The van der Waals surface area contributed by atoms with Gasteiger partial charge in [-0.2, -0.15) is 0 Å². The van der Waals surface area contributed by atoms with Crippen LogP contribution in [0, 0.1) is 6.92 Å². The fourth-order valence-electron chi connectivity index (χ4n) is 2.03. The number of para-hydroxylation sites is 2. The number of fused-ring (bicyclic) bond motifs is 1. The zero-order valence-corrected chi connectivity index (χ0v) is 12.2. The second-order valence-corrected chi connectivity index (χ2v) is 5.78. The van der Waals surface area contributed by atoms with E-state index >= 15 is 0 Å². The van der Waals surface area contributed by atoms with Crippen LogP contribution >= 0.6 is 11.8 Å². The predicted octanol–water partition coefficient (Wildman–Crippen LogP) is 2.64. The SMILES string of the molecule is COC(=O)[C@@H](C)SCCn1c(C)nc2ccccc21. The van der Waals surface area contributed by atoms with Crippen molar-refractivity contribution in [2.45, 2.75) is 25.6 Å². The highest BCUT2D eigenvalue weighted by atomic mass is 32.2. The maximum atomic E-state index is 11.3. The van der Waals surface area contributed by atoms with Gasteiger partial charge in [0.1, 0.15) is 5.82 Å². The van der Waals surface area contributed by atoms with Crippen LogP contribution in [0.25, 0.3) is 11.0 Å². The largest absolute Gasteiger partial charge is 0.468 e. The number of carbonyl (C=O) groups is 1. The van der Waals surface area contributed by atoms with E-state index < -0.39 is 0 Å². The first kappa shape index (κ1) is 13.9. The van der Waals surface area contributed by atoms with Gasteiger partial charge in [0, 0.05) is 12.3 Å². The number of esters is 1. The second-order valence-electron chi connectivity index (χ2n) is 4.34. The molecule has 2 aromatic rings. The zero-order chi connectivity index (χ0) is 13.8. The lowest BCUT2D eigenvalue weighted by Gasteiger charge is -2.10. The van der Waals surface area contributed by atoms with E-state index in [-0.39, 0.29) is 11.2 Å². The highest BCUT2D eigenvalue weighted by molar-refractivity contribution is 8.00. The molecule has 0 aliphatic rings. The molecule has 0 amide bonds. The number of thioether (sulfide) groups is 1. The maximum Gasteiger partial charge on any atom is 0.318 e. The number of hydrogen-bond acceptors (Lipinski definition) is 4. The highest BCUT2D eigenvalue weighted by Crippen LogP contribution is 2.18.